The molecular formula is C25H28N4O3S. The zero-order valence-corrected chi connectivity index (χ0v) is 19.8. The SMILES string of the molecule is CCCn1c(CNc2ccccc2Oc2ccccc2)nc2cc(S(=O)(=O)N(C)C)ccc21. The van der Waals surface area contributed by atoms with Crippen molar-refractivity contribution < 1.29 is 13.2 Å². The molecule has 8 heteroatoms. The van der Waals surface area contributed by atoms with E-state index in [2.05, 4.69) is 16.8 Å². The Bertz CT molecular complexity index is 1350. The summed E-state index contributed by atoms with van der Waals surface area (Å²) in [5, 5.41) is 3.44. The molecule has 0 fully saturated rings. The second-order valence-electron chi connectivity index (χ2n) is 7.88. The van der Waals surface area contributed by atoms with Crippen molar-refractivity contribution in [3.05, 3.63) is 78.6 Å². The summed E-state index contributed by atoms with van der Waals surface area (Å²) >= 11 is 0. The maximum absolute atomic E-state index is 12.6. The van der Waals surface area contributed by atoms with Crippen LogP contribution in [0.1, 0.15) is 19.2 Å². The van der Waals surface area contributed by atoms with E-state index in [0.29, 0.717) is 12.1 Å². The van der Waals surface area contributed by atoms with Gasteiger partial charge < -0.3 is 14.6 Å². The fraction of sp³-hybridized carbons (Fsp3) is 0.240. The number of aryl methyl sites for hydroxylation is 1. The van der Waals surface area contributed by atoms with E-state index in [4.69, 9.17) is 9.72 Å². The minimum atomic E-state index is -3.52. The Morgan fingerprint density at radius 3 is 2.45 bits per heavy atom. The molecule has 0 aliphatic carbocycles. The van der Waals surface area contributed by atoms with Crippen molar-refractivity contribution in [3.63, 3.8) is 0 Å². The predicted octanol–water partition coefficient (Wildman–Crippen LogP) is 5.10. The average molecular weight is 465 g/mol. The Morgan fingerprint density at radius 2 is 1.73 bits per heavy atom. The number of benzene rings is 3. The molecule has 0 radical (unpaired) electrons. The van der Waals surface area contributed by atoms with E-state index in [1.54, 1.807) is 12.1 Å². The van der Waals surface area contributed by atoms with E-state index in [-0.39, 0.29) is 4.90 Å². The normalized spacial score (nSPS) is 11.8. The molecule has 0 bridgehead atoms. The van der Waals surface area contributed by atoms with Gasteiger partial charge in [-0.2, -0.15) is 0 Å². The van der Waals surface area contributed by atoms with Crippen LogP contribution in [0.5, 0.6) is 11.5 Å². The molecule has 4 rings (SSSR count). The quantitative estimate of drug-likeness (QED) is 0.373. The van der Waals surface area contributed by atoms with Gasteiger partial charge in [0.2, 0.25) is 10.0 Å². The van der Waals surface area contributed by atoms with E-state index < -0.39 is 10.0 Å². The molecule has 0 saturated heterocycles. The number of para-hydroxylation sites is 3. The van der Waals surface area contributed by atoms with Gasteiger partial charge in [-0.1, -0.05) is 37.3 Å². The van der Waals surface area contributed by atoms with E-state index >= 15 is 0 Å². The first-order valence-corrected chi connectivity index (χ1v) is 12.3. The summed E-state index contributed by atoms with van der Waals surface area (Å²) in [6.45, 7) is 3.37. The van der Waals surface area contributed by atoms with Gasteiger partial charge in [0.05, 0.1) is 28.2 Å². The highest BCUT2D eigenvalue weighted by Gasteiger charge is 2.19. The van der Waals surface area contributed by atoms with Gasteiger partial charge in [0, 0.05) is 20.6 Å². The lowest BCUT2D eigenvalue weighted by Gasteiger charge is -2.14. The third kappa shape index (κ3) is 4.86. The molecule has 0 aliphatic rings. The van der Waals surface area contributed by atoms with Crippen molar-refractivity contribution in [2.24, 2.45) is 0 Å². The number of aromatic nitrogens is 2. The molecule has 172 valence electrons. The van der Waals surface area contributed by atoms with Crippen LogP contribution in [0, 0.1) is 0 Å². The standard InChI is InChI=1S/C25H28N4O3S/c1-4-16-29-23-15-14-20(33(30,31)28(2)3)17-22(23)27-25(29)18-26-21-12-8-9-13-24(21)32-19-10-6-5-7-11-19/h5-15,17,26H,4,16,18H2,1-3H3. The summed E-state index contributed by atoms with van der Waals surface area (Å²) in [6, 6.07) is 22.5. The van der Waals surface area contributed by atoms with Gasteiger partial charge in [-0.15, -0.1) is 0 Å². The highest BCUT2D eigenvalue weighted by molar-refractivity contribution is 7.89. The Hall–Kier alpha value is -3.36. The van der Waals surface area contributed by atoms with E-state index in [1.807, 2.05) is 60.7 Å². The molecule has 0 atom stereocenters. The van der Waals surface area contributed by atoms with Crippen molar-refractivity contribution in [2.45, 2.75) is 31.3 Å². The molecule has 4 aromatic rings. The van der Waals surface area contributed by atoms with Gasteiger partial charge in [-0.25, -0.2) is 17.7 Å². The van der Waals surface area contributed by atoms with Crippen LogP contribution in [-0.2, 0) is 23.1 Å². The number of imidazole rings is 1. The minimum absolute atomic E-state index is 0.238. The van der Waals surface area contributed by atoms with Crippen LogP contribution in [-0.4, -0.2) is 36.4 Å². The Labute approximate surface area is 194 Å². The number of hydrogen-bond donors (Lipinski definition) is 1. The van der Waals surface area contributed by atoms with Crippen molar-refractivity contribution in [2.75, 3.05) is 19.4 Å². The largest absolute Gasteiger partial charge is 0.455 e. The molecule has 0 aliphatic heterocycles. The first-order chi connectivity index (χ1) is 15.9. The van der Waals surface area contributed by atoms with Crippen LogP contribution in [0.2, 0.25) is 0 Å². The summed E-state index contributed by atoms with van der Waals surface area (Å²) < 4.78 is 34.5. The smallest absolute Gasteiger partial charge is 0.242 e. The number of anilines is 1. The highest BCUT2D eigenvalue weighted by Crippen LogP contribution is 2.30. The van der Waals surface area contributed by atoms with Gasteiger partial charge in [-0.3, -0.25) is 0 Å². The fourth-order valence-electron chi connectivity index (χ4n) is 3.63. The highest BCUT2D eigenvalue weighted by atomic mass is 32.2. The van der Waals surface area contributed by atoms with Crippen LogP contribution >= 0.6 is 0 Å². The van der Waals surface area contributed by atoms with Gasteiger partial charge in [-0.05, 0) is 48.9 Å². The lowest BCUT2D eigenvalue weighted by atomic mass is 10.3. The first kappa shape index (κ1) is 22.8. The van der Waals surface area contributed by atoms with Crippen molar-refractivity contribution in [1.82, 2.24) is 13.9 Å². The topological polar surface area (TPSA) is 76.5 Å². The summed E-state index contributed by atoms with van der Waals surface area (Å²) in [6.07, 6.45) is 0.934. The summed E-state index contributed by atoms with van der Waals surface area (Å²) in [5.74, 6) is 2.32. The van der Waals surface area contributed by atoms with Crippen LogP contribution in [0.15, 0.2) is 77.7 Å². The van der Waals surface area contributed by atoms with Crippen molar-refractivity contribution in [3.8, 4) is 11.5 Å². The van der Waals surface area contributed by atoms with Crippen LogP contribution in [0.4, 0.5) is 5.69 Å². The van der Waals surface area contributed by atoms with Crippen molar-refractivity contribution in [1.29, 1.82) is 0 Å². The van der Waals surface area contributed by atoms with E-state index in [0.717, 1.165) is 41.5 Å². The first-order valence-electron chi connectivity index (χ1n) is 10.9. The van der Waals surface area contributed by atoms with Crippen LogP contribution in [0.3, 0.4) is 0 Å². The molecule has 0 spiro atoms. The number of nitrogens with zero attached hydrogens (tertiary/aromatic N) is 3. The molecule has 0 amide bonds. The molecule has 3 aromatic carbocycles. The molecule has 1 heterocycles. The maximum atomic E-state index is 12.6. The molecular weight excluding hydrogens is 436 g/mol. The Morgan fingerprint density at radius 1 is 1.00 bits per heavy atom. The van der Waals surface area contributed by atoms with Crippen molar-refractivity contribution >= 4 is 26.7 Å². The third-order valence-corrected chi connectivity index (χ3v) is 7.13. The fourth-order valence-corrected chi connectivity index (χ4v) is 4.55. The zero-order valence-electron chi connectivity index (χ0n) is 19.0. The average Bonchev–Trinajstić information content (AvgIpc) is 3.16. The second-order valence-corrected chi connectivity index (χ2v) is 10.0. The van der Waals surface area contributed by atoms with Crippen LogP contribution in [0.25, 0.3) is 11.0 Å². The monoisotopic (exact) mass is 464 g/mol. The number of rotatable bonds is 9. The van der Waals surface area contributed by atoms with Gasteiger partial charge in [0.25, 0.3) is 0 Å². The third-order valence-electron chi connectivity index (χ3n) is 5.32. The Balaban J connectivity index is 1.63. The molecule has 7 nitrogen and oxygen atoms in total. The number of ether oxygens (including phenoxy) is 1. The van der Waals surface area contributed by atoms with E-state index in [9.17, 15) is 8.42 Å². The lowest BCUT2D eigenvalue weighted by molar-refractivity contribution is 0.484. The van der Waals surface area contributed by atoms with Gasteiger partial charge in [0.15, 0.2) is 5.75 Å². The summed E-state index contributed by atoms with van der Waals surface area (Å²) in [4.78, 5) is 5.01. The number of hydrogen-bond acceptors (Lipinski definition) is 5. The molecule has 1 aromatic heterocycles. The number of sulfonamides is 1. The minimum Gasteiger partial charge on any atom is -0.455 e. The van der Waals surface area contributed by atoms with Crippen LogP contribution < -0.4 is 10.1 Å². The predicted molar refractivity (Wildman–Crippen MR) is 131 cm³/mol. The zero-order chi connectivity index (χ0) is 23.4. The van der Waals surface area contributed by atoms with Gasteiger partial charge in [0.1, 0.15) is 11.6 Å². The van der Waals surface area contributed by atoms with Gasteiger partial charge >= 0.3 is 0 Å². The molecule has 33 heavy (non-hydrogen) atoms. The summed E-state index contributed by atoms with van der Waals surface area (Å²) in [5.41, 5.74) is 2.43. The Kier molecular flexibility index (Phi) is 6.67. The number of fused-ring (bicyclic) bond motifs is 1. The molecule has 0 saturated carbocycles. The number of nitrogens with one attached hydrogen (secondary N) is 1. The molecule has 1 N–H and O–H groups in total. The molecule has 0 unspecified atom stereocenters. The summed E-state index contributed by atoms with van der Waals surface area (Å²) in [7, 11) is -0.468. The van der Waals surface area contributed by atoms with E-state index in [1.165, 1.54) is 18.4 Å². The maximum Gasteiger partial charge on any atom is 0.242 e. The lowest BCUT2D eigenvalue weighted by Crippen LogP contribution is -2.22. The second kappa shape index (κ2) is 9.64.